The lowest BCUT2D eigenvalue weighted by Gasteiger charge is -2.07. The molecular weight excluding hydrogens is 297 g/mol. The Morgan fingerprint density at radius 2 is 1.78 bits per heavy atom. The van der Waals surface area contributed by atoms with Crippen LogP contribution in [0.1, 0.15) is 33.2 Å². The van der Waals surface area contributed by atoms with E-state index < -0.39 is 11.7 Å². The summed E-state index contributed by atoms with van der Waals surface area (Å²) in [6, 6.07) is 12.8. The van der Waals surface area contributed by atoms with Gasteiger partial charge in [-0.2, -0.15) is 0 Å². The Labute approximate surface area is 134 Å². The fraction of sp³-hybridized carbons (Fsp3) is 0.222. The summed E-state index contributed by atoms with van der Waals surface area (Å²) < 4.78 is 18.4. The number of carbonyl (C=O) groups is 2. The van der Waals surface area contributed by atoms with Gasteiger partial charge in [0.25, 0.3) is 5.91 Å². The van der Waals surface area contributed by atoms with Gasteiger partial charge in [0.2, 0.25) is 0 Å². The van der Waals surface area contributed by atoms with Crippen molar-refractivity contribution in [3.8, 4) is 0 Å². The molecule has 0 spiro atoms. The lowest BCUT2D eigenvalue weighted by atomic mass is 10.1. The standard InChI is InChI=1S/C18H18FNO3/c1-2-23-18(22)14-9-7-13(8-10-14)11-12-20-17(21)15-5-3-4-6-16(15)19/h3-10H,2,11-12H2,1H3,(H,20,21). The molecule has 0 aromatic heterocycles. The maximum absolute atomic E-state index is 13.5. The van der Waals surface area contributed by atoms with Gasteiger partial charge in [0.15, 0.2) is 0 Å². The monoisotopic (exact) mass is 315 g/mol. The predicted molar refractivity (Wildman–Crippen MR) is 84.8 cm³/mol. The molecule has 5 heteroatoms. The number of hydrogen-bond donors (Lipinski definition) is 1. The summed E-state index contributed by atoms with van der Waals surface area (Å²) in [6.07, 6.45) is 0.587. The van der Waals surface area contributed by atoms with E-state index in [0.29, 0.717) is 25.1 Å². The van der Waals surface area contributed by atoms with Crippen LogP contribution in [0.25, 0.3) is 0 Å². The number of rotatable bonds is 6. The summed E-state index contributed by atoms with van der Waals surface area (Å²) in [5.41, 5.74) is 1.49. The Hall–Kier alpha value is -2.69. The number of halogens is 1. The van der Waals surface area contributed by atoms with Gasteiger partial charge in [0.1, 0.15) is 5.82 Å². The third kappa shape index (κ3) is 4.64. The van der Waals surface area contributed by atoms with Crippen LogP contribution in [0.3, 0.4) is 0 Å². The third-order valence-electron chi connectivity index (χ3n) is 3.28. The fourth-order valence-corrected chi connectivity index (χ4v) is 2.08. The summed E-state index contributed by atoms with van der Waals surface area (Å²) in [6.45, 7) is 2.47. The highest BCUT2D eigenvalue weighted by Crippen LogP contribution is 2.08. The normalized spacial score (nSPS) is 10.2. The number of nitrogens with one attached hydrogen (secondary N) is 1. The molecule has 2 aromatic rings. The number of hydrogen-bond acceptors (Lipinski definition) is 3. The molecule has 0 saturated heterocycles. The molecule has 0 unspecified atom stereocenters. The molecule has 2 rings (SSSR count). The fourth-order valence-electron chi connectivity index (χ4n) is 2.08. The Bertz CT molecular complexity index is 683. The summed E-state index contributed by atoms with van der Waals surface area (Å²) in [4.78, 5) is 23.4. The number of carbonyl (C=O) groups excluding carboxylic acids is 2. The highest BCUT2D eigenvalue weighted by atomic mass is 19.1. The Balaban J connectivity index is 1.86. The minimum absolute atomic E-state index is 0.0326. The van der Waals surface area contributed by atoms with Crippen LogP contribution >= 0.6 is 0 Å². The van der Waals surface area contributed by atoms with Crippen LogP contribution in [0.15, 0.2) is 48.5 Å². The van der Waals surface area contributed by atoms with E-state index in [4.69, 9.17) is 4.74 Å². The lowest BCUT2D eigenvalue weighted by molar-refractivity contribution is 0.0526. The first-order valence-corrected chi connectivity index (χ1v) is 7.40. The van der Waals surface area contributed by atoms with Gasteiger partial charge in [-0.25, -0.2) is 9.18 Å². The van der Waals surface area contributed by atoms with Gasteiger partial charge < -0.3 is 10.1 Å². The van der Waals surface area contributed by atoms with E-state index in [0.717, 1.165) is 5.56 Å². The maximum atomic E-state index is 13.5. The average molecular weight is 315 g/mol. The second-order valence-electron chi connectivity index (χ2n) is 4.90. The molecule has 0 aliphatic rings. The van der Waals surface area contributed by atoms with Crippen LogP contribution in [0.2, 0.25) is 0 Å². The highest BCUT2D eigenvalue weighted by molar-refractivity contribution is 5.94. The van der Waals surface area contributed by atoms with Gasteiger partial charge >= 0.3 is 5.97 Å². The van der Waals surface area contributed by atoms with Crippen molar-refractivity contribution >= 4 is 11.9 Å². The smallest absolute Gasteiger partial charge is 0.338 e. The van der Waals surface area contributed by atoms with E-state index in [1.54, 1.807) is 25.1 Å². The Morgan fingerprint density at radius 3 is 2.43 bits per heavy atom. The van der Waals surface area contributed by atoms with Gasteiger partial charge in [-0.15, -0.1) is 0 Å². The van der Waals surface area contributed by atoms with Crippen molar-refractivity contribution in [2.45, 2.75) is 13.3 Å². The van der Waals surface area contributed by atoms with Gasteiger partial charge in [-0.05, 0) is 43.2 Å². The molecule has 0 bridgehead atoms. The summed E-state index contributed by atoms with van der Waals surface area (Å²) >= 11 is 0. The van der Waals surface area contributed by atoms with Crippen LogP contribution in [0.4, 0.5) is 4.39 Å². The van der Waals surface area contributed by atoms with Gasteiger partial charge in [-0.1, -0.05) is 24.3 Å². The van der Waals surface area contributed by atoms with Crippen LogP contribution in [0, 0.1) is 5.82 Å². The van der Waals surface area contributed by atoms with E-state index in [9.17, 15) is 14.0 Å². The van der Waals surface area contributed by atoms with Crippen molar-refractivity contribution in [2.24, 2.45) is 0 Å². The van der Waals surface area contributed by atoms with Gasteiger partial charge in [0.05, 0.1) is 17.7 Å². The van der Waals surface area contributed by atoms with E-state index in [-0.39, 0.29) is 11.5 Å². The predicted octanol–water partition coefficient (Wildman–Crippen LogP) is 2.97. The first-order valence-electron chi connectivity index (χ1n) is 7.40. The average Bonchev–Trinajstić information content (AvgIpc) is 2.56. The highest BCUT2D eigenvalue weighted by Gasteiger charge is 2.10. The topological polar surface area (TPSA) is 55.4 Å². The lowest BCUT2D eigenvalue weighted by Crippen LogP contribution is -2.26. The second-order valence-corrected chi connectivity index (χ2v) is 4.90. The molecule has 1 N–H and O–H groups in total. The zero-order valence-corrected chi connectivity index (χ0v) is 12.8. The van der Waals surface area contributed by atoms with E-state index >= 15 is 0 Å². The Morgan fingerprint density at radius 1 is 1.09 bits per heavy atom. The number of benzene rings is 2. The minimum atomic E-state index is -0.538. The first-order chi connectivity index (χ1) is 11.1. The van der Waals surface area contributed by atoms with Crippen molar-refractivity contribution in [1.82, 2.24) is 5.32 Å². The third-order valence-corrected chi connectivity index (χ3v) is 3.28. The molecule has 4 nitrogen and oxygen atoms in total. The van der Waals surface area contributed by atoms with E-state index in [2.05, 4.69) is 5.32 Å². The molecule has 23 heavy (non-hydrogen) atoms. The summed E-state index contributed by atoms with van der Waals surface area (Å²) in [7, 11) is 0. The molecular formula is C18H18FNO3. The molecule has 0 aliphatic heterocycles. The molecule has 0 fully saturated rings. The largest absolute Gasteiger partial charge is 0.462 e. The van der Waals surface area contributed by atoms with E-state index in [1.807, 2.05) is 12.1 Å². The van der Waals surface area contributed by atoms with Crippen LogP contribution < -0.4 is 5.32 Å². The first kappa shape index (κ1) is 16.7. The van der Waals surface area contributed by atoms with Crippen LogP contribution in [-0.4, -0.2) is 25.0 Å². The van der Waals surface area contributed by atoms with E-state index in [1.165, 1.54) is 18.2 Å². The molecule has 0 aliphatic carbocycles. The maximum Gasteiger partial charge on any atom is 0.338 e. The second kappa shape index (κ2) is 8.08. The van der Waals surface area contributed by atoms with Gasteiger partial charge in [-0.3, -0.25) is 4.79 Å². The van der Waals surface area contributed by atoms with Crippen molar-refractivity contribution in [3.63, 3.8) is 0 Å². The van der Waals surface area contributed by atoms with Crippen molar-refractivity contribution in [1.29, 1.82) is 0 Å². The molecule has 120 valence electrons. The SMILES string of the molecule is CCOC(=O)c1ccc(CCNC(=O)c2ccccc2F)cc1. The molecule has 0 saturated carbocycles. The van der Waals surface area contributed by atoms with Crippen LogP contribution in [-0.2, 0) is 11.2 Å². The van der Waals surface area contributed by atoms with Crippen molar-refractivity contribution < 1.29 is 18.7 Å². The Kier molecular flexibility index (Phi) is 5.86. The quantitative estimate of drug-likeness (QED) is 0.834. The minimum Gasteiger partial charge on any atom is -0.462 e. The summed E-state index contributed by atoms with van der Waals surface area (Å²) in [5, 5.41) is 2.68. The molecule has 1 amide bonds. The molecule has 0 heterocycles. The van der Waals surface area contributed by atoms with Crippen LogP contribution in [0.5, 0.6) is 0 Å². The summed E-state index contributed by atoms with van der Waals surface area (Å²) in [5.74, 6) is -1.33. The zero-order valence-electron chi connectivity index (χ0n) is 12.8. The van der Waals surface area contributed by atoms with Crippen molar-refractivity contribution in [3.05, 3.63) is 71.0 Å². The van der Waals surface area contributed by atoms with Crippen molar-refractivity contribution in [2.75, 3.05) is 13.2 Å². The molecule has 0 radical (unpaired) electrons. The number of esters is 1. The number of ether oxygens (including phenoxy) is 1. The zero-order chi connectivity index (χ0) is 16.7. The van der Waals surface area contributed by atoms with Gasteiger partial charge in [0, 0.05) is 6.54 Å². The molecule has 0 atom stereocenters. The molecule has 2 aromatic carbocycles. The number of amides is 1.